The van der Waals surface area contributed by atoms with Gasteiger partial charge in [-0.2, -0.15) is 0 Å². The summed E-state index contributed by atoms with van der Waals surface area (Å²) in [4.78, 5) is 13.5. The maximum Gasteiger partial charge on any atom is 0.234 e. The minimum Gasteiger partial charge on any atom is -0.325 e. The van der Waals surface area contributed by atoms with Crippen molar-refractivity contribution in [3.05, 3.63) is 46.7 Å². The molecule has 0 aliphatic heterocycles. The van der Waals surface area contributed by atoms with Crippen LogP contribution in [0, 0.1) is 0 Å². The summed E-state index contributed by atoms with van der Waals surface area (Å²) in [6, 6.07) is 11.9. The Morgan fingerprint density at radius 2 is 2.04 bits per heavy atom. The molecule has 0 atom stereocenters. The number of hydrogen-bond acceptors (Lipinski definition) is 5. The molecular weight excluding hydrogens is 364 g/mol. The number of aromatic nitrogens is 3. The highest BCUT2D eigenvalue weighted by molar-refractivity contribution is 7.99. The number of amides is 1. The average Bonchev–Trinajstić information content (AvgIpc) is 3.27. The molecule has 7 heteroatoms. The second kappa shape index (κ2) is 8.51. The van der Waals surface area contributed by atoms with E-state index < -0.39 is 0 Å². The van der Waals surface area contributed by atoms with Crippen molar-refractivity contribution in [3.8, 4) is 11.4 Å². The van der Waals surface area contributed by atoms with Crippen LogP contribution in [-0.4, -0.2) is 26.4 Å². The molecule has 1 N–H and O–H groups in total. The van der Waals surface area contributed by atoms with Crippen LogP contribution in [0.4, 0.5) is 5.69 Å². The second-order valence-electron chi connectivity index (χ2n) is 6.13. The number of nitrogens with one attached hydrogen (secondary N) is 1. The first kappa shape index (κ1) is 18.7. The second-order valence-corrected chi connectivity index (χ2v) is 8.07. The summed E-state index contributed by atoms with van der Waals surface area (Å²) >= 11 is 3.15. The van der Waals surface area contributed by atoms with Gasteiger partial charge < -0.3 is 5.32 Å². The van der Waals surface area contributed by atoms with E-state index in [9.17, 15) is 4.79 Å². The molecule has 0 aliphatic rings. The van der Waals surface area contributed by atoms with Gasteiger partial charge in [-0.05, 0) is 38.5 Å². The monoisotopic (exact) mass is 386 g/mol. The van der Waals surface area contributed by atoms with Crippen LogP contribution in [0.5, 0.6) is 0 Å². The topological polar surface area (TPSA) is 59.8 Å². The molecule has 0 bridgehead atoms. The molecule has 0 aliphatic carbocycles. The van der Waals surface area contributed by atoms with E-state index in [1.54, 1.807) is 11.3 Å². The van der Waals surface area contributed by atoms with Crippen molar-refractivity contribution in [2.75, 3.05) is 11.1 Å². The average molecular weight is 387 g/mol. The lowest BCUT2D eigenvalue weighted by atomic mass is 10.2. The fourth-order valence-electron chi connectivity index (χ4n) is 2.57. The first-order valence-electron chi connectivity index (χ1n) is 8.58. The largest absolute Gasteiger partial charge is 0.325 e. The lowest BCUT2D eigenvalue weighted by Gasteiger charge is -2.13. The highest BCUT2D eigenvalue weighted by Gasteiger charge is 2.18. The van der Waals surface area contributed by atoms with Gasteiger partial charge >= 0.3 is 0 Å². The molecule has 3 rings (SSSR count). The number of carbonyl (C=O) groups is 1. The van der Waals surface area contributed by atoms with Crippen LogP contribution in [0.15, 0.2) is 46.9 Å². The molecule has 3 aromatic rings. The number of thioether (sulfide) groups is 1. The van der Waals surface area contributed by atoms with Gasteiger partial charge in [0.25, 0.3) is 0 Å². The summed E-state index contributed by atoms with van der Waals surface area (Å²) < 4.78 is 2.10. The number of hydrogen-bond donors (Lipinski definition) is 1. The molecular formula is C19H22N4OS2. The van der Waals surface area contributed by atoms with Crippen LogP contribution in [0.3, 0.4) is 0 Å². The van der Waals surface area contributed by atoms with Crippen molar-refractivity contribution < 1.29 is 4.79 Å². The van der Waals surface area contributed by atoms with Gasteiger partial charge in [-0.3, -0.25) is 9.36 Å². The number of rotatable bonds is 7. The quantitative estimate of drug-likeness (QED) is 0.588. The van der Waals surface area contributed by atoms with Crippen LogP contribution < -0.4 is 5.32 Å². The Hall–Kier alpha value is -2.12. The summed E-state index contributed by atoms with van der Waals surface area (Å²) in [6.45, 7) is 6.36. The van der Waals surface area contributed by atoms with Crippen molar-refractivity contribution >= 4 is 34.7 Å². The molecule has 2 heterocycles. The Bertz CT molecular complexity index is 871. The van der Waals surface area contributed by atoms with E-state index in [1.807, 2.05) is 30.3 Å². The normalized spacial score (nSPS) is 11.1. The predicted octanol–water partition coefficient (Wildman–Crippen LogP) is 4.88. The molecule has 5 nitrogen and oxygen atoms in total. The predicted molar refractivity (Wildman–Crippen MR) is 109 cm³/mol. The number of anilines is 1. The Kier molecular flexibility index (Phi) is 6.11. The fraction of sp³-hybridized carbons (Fsp3) is 0.316. The lowest BCUT2D eigenvalue weighted by Crippen LogP contribution is -2.14. The zero-order chi connectivity index (χ0) is 18.5. The van der Waals surface area contributed by atoms with Gasteiger partial charge in [-0.25, -0.2) is 0 Å². The van der Waals surface area contributed by atoms with Gasteiger partial charge in [0.05, 0.1) is 5.75 Å². The molecule has 1 aromatic carbocycles. The van der Waals surface area contributed by atoms with E-state index >= 15 is 0 Å². The maximum absolute atomic E-state index is 12.2. The molecule has 0 saturated carbocycles. The van der Waals surface area contributed by atoms with Crippen LogP contribution in [0.1, 0.15) is 31.7 Å². The van der Waals surface area contributed by atoms with Crippen molar-refractivity contribution in [2.24, 2.45) is 0 Å². The Morgan fingerprint density at radius 1 is 1.27 bits per heavy atom. The molecule has 0 saturated heterocycles. The van der Waals surface area contributed by atoms with E-state index in [1.165, 1.54) is 16.6 Å². The highest BCUT2D eigenvalue weighted by atomic mass is 32.2. The number of benzene rings is 1. The van der Waals surface area contributed by atoms with Crippen LogP contribution >= 0.6 is 23.1 Å². The number of nitrogens with zero attached hydrogens (tertiary/aromatic N) is 3. The zero-order valence-electron chi connectivity index (χ0n) is 15.1. The van der Waals surface area contributed by atoms with Gasteiger partial charge in [0, 0.05) is 27.5 Å². The van der Waals surface area contributed by atoms with Crippen LogP contribution in [0.2, 0.25) is 0 Å². The van der Waals surface area contributed by atoms with Crippen LogP contribution in [-0.2, 0) is 11.2 Å². The standard InChI is InChI=1S/C19H22N4OS2/c1-4-16-10-14(11-25-16)18-21-22-19(23(18)13(2)3)26-12-17(24)20-15-8-6-5-7-9-15/h5-11,13H,4,12H2,1-3H3,(H,20,24). The summed E-state index contributed by atoms with van der Waals surface area (Å²) in [5.74, 6) is 1.11. The van der Waals surface area contributed by atoms with E-state index in [0.29, 0.717) is 5.75 Å². The van der Waals surface area contributed by atoms with E-state index in [4.69, 9.17) is 0 Å². The molecule has 26 heavy (non-hydrogen) atoms. The van der Waals surface area contributed by atoms with E-state index in [-0.39, 0.29) is 11.9 Å². The Labute approximate surface area is 161 Å². The first-order valence-corrected chi connectivity index (χ1v) is 10.5. The number of para-hydroxylation sites is 1. The number of carbonyl (C=O) groups excluding carboxylic acids is 1. The van der Waals surface area contributed by atoms with Gasteiger partial charge in [0.15, 0.2) is 11.0 Å². The number of thiophene rings is 1. The van der Waals surface area contributed by atoms with Gasteiger partial charge in [-0.15, -0.1) is 21.5 Å². The van der Waals surface area contributed by atoms with Crippen molar-refractivity contribution in [1.29, 1.82) is 0 Å². The third kappa shape index (κ3) is 4.34. The third-order valence-corrected chi connectivity index (χ3v) is 5.86. The molecule has 0 spiro atoms. The molecule has 0 fully saturated rings. The zero-order valence-corrected chi connectivity index (χ0v) is 16.7. The van der Waals surface area contributed by atoms with Crippen molar-refractivity contribution in [3.63, 3.8) is 0 Å². The number of aryl methyl sites for hydroxylation is 1. The third-order valence-electron chi connectivity index (χ3n) is 3.83. The van der Waals surface area contributed by atoms with Crippen molar-refractivity contribution in [1.82, 2.24) is 14.8 Å². The van der Waals surface area contributed by atoms with E-state index in [0.717, 1.165) is 28.7 Å². The summed E-state index contributed by atoms with van der Waals surface area (Å²) in [7, 11) is 0. The summed E-state index contributed by atoms with van der Waals surface area (Å²) in [5, 5.41) is 14.5. The first-order chi connectivity index (χ1) is 12.6. The lowest BCUT2D eigenvalue weighted by molar-refractivity contribution is -0.113. The SMILES string of the molecule is CCc1cc(-c2nnc(SCC(=O)Nc3ccccc3)n2C(C)C)cs1. The molecule has 0 radical (unpaired) electrons. The van der Waals surface area contributed by atoms with E-state index in [2.05, 4.69) is 52.3 Å². The smallest absolute Gasteiger partial charge is 0.234 e. The van der Waals surface area contributed by atoms with Crippen LogP contribution in [0.25, 0.3) is 11.4 Å². The molecule has 136 valence electrons. The minimum atomic E-state index is -0.0511. The molecule has 2 aromatic heterocycles. The van der Waals surface area contributed by atoms with Crippen molar-refractivity contribution in [2.45, 2.75) is 38.4 Å². The maximum atomic E-state index is 12.2. The highest BCUT2D eigenvalue weighted by Crippen LogP contribution is 2.30. The Morgan fingerprint density at radius 3 is 2.69 bits per heavy atom. The van der Waals surface area contributed by atoms with Gasteiger partial charge in [0.1, 0.15) is 0 Å². The fourth-order valence-corrected chi connectivity index (χ4v) is 4.25. The molecule has 0 unspecified atom stereocenters. The summed E-state index contributed by atoms with van der Waals surface area (Å²) in [5.41, 5.74) is 1.89. The summed E-state index contributed by atoms with van der Waals surface area (Å²) in [6.07, 6.45) is 1.02. The Balaban J connectivity index is 1.72. The molecule has 1 amide bonds. The van der Waals surface area contributed by atoms with Gasteiger partial charge in [-0.1, -0.05) is 36.9 Å². The van der Waals surface area contributed by atoms with Gasteiger partial charge in [0.2, 0.25) is 5.91 Å². The minimum absolute atomic E-state index is 0.0511.